The standard InChI is InChI=1S/C30H34F4N4O4/c1-29(2,3)42-28(41)36-16-19-5-4-6-22(13-19)38-24(15-26(37-38)30(32,33)34)27(40)35-17-21-14-20(10-11-23(21)31)25(39)12-9-18-7-8-18/h4-6,10-11,13-15,18,25,39H,7-9,12,16-17H2,1-3H3,(H,35,40)(H,36,41). The first-order chi connectivity index (χ1) is 19.7. The van der Waals surface area contributed by atoms with Crippen LogP contribution in [0.3, 0.4) is 0 Å². The van der Waals surface area contributed by atoms with Crippen LogP contribution in [-0.4, -0.2) is 32.5 Å². The first-order valence-electron chi connectivity index (χ1n) is 13.7. The van der Waals surface area contributed by atoms with Gasteiger partial charge in [0.25, 0.3) is 5.91 Å². The van der Waals surface area contributed by atoms with Gasteiger partial charge >= 0.3 is 12.3 Å². The Hall–Kier alpha value is -3.93. The number of hydrogen-bond donors (Lipinski definition) is 3. The maximum Gasteiger partial charge on any atom is 0.435 e. The van der Waals surface area contributed by atoms with Crippen molar-refractivity contribution in [1.29, 1.82) is 0 Å². The fourth-order valence-electron chi connectivity index (χ4n) is 4.34. The van der Waals surface area contributed by atoms with Crippen LogP contribution in [-0.2, 0) is 24.0 Å². The van der Waals surface area contributed by atoms with Gasteiger partial charge in [0.05, 0.1) is 11.8 Å². The summed E-state index contributed by atoms with van der Waals surface area (Å²) in [5.41, 5.74) is -1.15. The number of hydrogen-bond acceptors (Lipinski definition) is 5. The van der Waals surface area contributed by atoms with Crippen LogP contribution in [0.1, 0.15) is 85.4 Å². The number of aliphatic hydroxyl groups is 1. The molecule has 0 spiro atoms. The van der Waals surface area contributed by atoms with E-state index in [4.69, 9.17) is 4.74 Å². The molecule has 1 atom stereocenters. The second kappa shape index (κ2) is 12.5. The number of aromatic nitrogens is 2. The van der Waals surface area contributed by atoms with Gasteiger partial charge < -0.3 is 20.5 Å². The zero-order valence-electron chi connectivity index (χ0n) is 23.6. The molecule has 1 saturated carbocycles. The summed E-state index contributed by atoms with van der Waals surface area (Å²) in [5.74, 6) is -0.912. The van der Waals surface area contributed by atoms with E-state index >= 15 is 0 Å². The first kappa shape index (κ1) is 31.0. The van der Waals surface area contributed by atoms with Crippen molar-refractivity contribution in [3.8, 4) is 5.69 Å². The minimum absolute atomic E-state index is 0.0137. The Bertz CT molecular complexity index is 1430. The molecule has 4 rings (SSSR count). The lowest BCUT2D eigenvalue weighted by Gasteiger charge is -2.19. The number of carbonyl (C=O) groups excluding carboxylic acids is 2. The highest BCUT2D eigenvalue weighted by molar-refractivity contribution is 5.93. The van der Waals surface area contributed by atoms with Crippen LogP contribution in [0.4, 0.5) is 22.4 Å². The summed E-state index contributed by atoms with van der Waals surface area (Å²) in [6.07, 6.45) is -2.58. The molecule has 2 amide bonds. The Morgan fingerprint density at radius 1 is 1.07 bits per heavy atom. The lowest BCUT2D eigenvalue weighted by atomic mass is 10.0. The lowest BCUT2D eigenvalue weighted by Crippen LogP contribution is -2.32. The third-order valence-corrected chi connectivity index (χ3v) is 6.66. The minimum atomic E-state index is -4.83. The number of nitrogens with one attached hydrogen (secondary N) is 2. The zero-order valence-corrected chi connectivity index (χ0v) is 23.6. The van der Waals surface area contributed by atoms with Gasteiger partial charge in [-0.15, -0.1) is 0 Å². The van der Waals surface area contributed by atoms with E-state index in [1.807, 2.05) is 0 Å². The summed E-state index contributed by atoms with van der Waals surface area (Å²) < 4.78 is 61.3. The Morgan fingerprint density at radius 3 is 2.48 bits per heavy atom. The summed E-state index contributed by atoms with van der Waals surface area (Å²) in [6, 6.07) is 10.9. The molecule has 0 radical (unpaired) electrons. The molecule has 226 valence electrons. The summed E-state index contributed by atoms with van der Waals surface area (Å²) in [5, 5.41) is 19.2. The number of amides is 2. The van der Waals surface area contributed by atoms with E-state index in [1.54, 1.807) is 32.9 Å². The predicted molar refractivity (Wildman–Crippen MR) is 146 cm³/mol. The number of alkyl halides is 3. The molecule has 1 aliphatic rings. The Balaban J connectivity index is 1.51. The average molecular weight is 591 g/mol. The van der Waals surface area contributed by atoms with Gasteiger partial charge in [0.1, 0.15) is 17.1 Å². The van der Waals surface area contributed by atoms with E-state index in [1.165, 1.54) is 30.3 Å². The highest BCUT2D eigenvalue weighted by atomic mass is 19.4. The van der Waals surface area contributed by atoms with Gasteiger partial charge in [-0.1, -0.05) is 31.0 Å². The number of ether oxygens (including phenoxy) is 1. The second-order valence-corrected chi connectivity index (χ2v) is 11.4. The van der Waals surface area contributed by atoms with Crippen molar-refractivity contribution in [3.05, 3.63) is 82.4 Å². The van der Waals surface area contributed by atoms with E-state index in [2.05, 4.69) is 15.7 Å². The maximum atomic E-state index is 14.5. The van der Waals surface area contributed by atoms with Crippen LogP contribution in [0.25, 0.3) is 5.69 Å². The van der Waals surface area contributed by atoms with Crippen LogP contribution in [0.15, 0.2) is 48.5 Å². The van der Waals surface area contributed by atoms with E-state index in [-0.39, 0.29) is 24.3 Å². The highest BCUT2D eigenvalue weighted by Crippen LogP contribution is 2.36. The van der Waals surface area contributed by atoms with Crippen molar-refractivity contribution in [3.63, 3.8) is 0 Å². The molecule has 3 N–H and O–H groups in total. The van der Waals surface area contributed by atoms with Gasteiger partial charge in [0, 0.05) is 24.7 Å². The van der Waals surface area contributed by atoms with Gasteiger partial charge in [-0.2, -0.15) is 18.3 Å². The van der Waals surface area contributed by atoms with Crippen molar-refractivity contribution < 1.29 is 37.0 Å². The quantitative estimate of drug-likeness (QED) is 0.244. The fraction of sp³-hybridized carbons (Fsp3) is 0.433. The monoisotopic (exact) mass is 590 g/mol. The number of carbonyl (C=O) groups is 2. The number of aliphatic hydroxyl groups excluding tert-OH is 1. The van der Waals surface area contributed by atoms with Crippen LogP contribution in [0.2, 0.25) is 0 Å². The topological polar surface area (TPSA) is 105 Å². The smallest absolute Gasteiger partial charge is 0.435 e. The number of benzene rings is 2. The van der Waals surface area contributed by atoms with E-state index < -0.39 is 47.1 Å². The van der Waals surface area contributed by atoms with Crippen molar-refractivity contribution in [2.45, 2.75) is 77.4 Å². The molecule has 12 heteroatoms. The van der Waals surface area contributed by atoms with E-state index in [0.717, 1.165) is 23.9 Å². The summed E-state index contributed by atoms with van der Waals surface area (Å²) in [7, 11) is 0. The van der Waals surface area contributed by atoms with Crippen molar-refractivity contribution in [1.82, 2.24) is 20.4 Å². The zero-order chi connectivity index (χ0) is 30.7. The molecular formula is C30H34F4N4O4. The van der Waals surface area contributed by atoms with Gasteiger partial charge in [0.2, 0.25) is 0 Å². The molecule has 1 aliphatic carbocycles. The minimum Gasteiger partial charge on any atom is -0.444 e. The van der Waals surface area contributed by atoms with Crippen LogP contribution in [0.5, 0.6) is 0 Å². The largest absolute Gasteiger partial charge is 0.444 e. The van der Waals surface area contributed by atoms with Crippen molar-refractivity contribution >= 4 is 12.0 Å². The summed E-state index contributed by atoms with van der Waals surface area (Å²) >= 11 is 0. The Kier molecular flexibility index (Phi) is 9.24. The summed E-state index contributed by atoms with van der Waals surface area (Å²) in [6.45, 7) is 4.82. The number of rotatable bonds is 10. The van der Waals surface area contributed by atoms with E-state index in [0.29, 0.717) is 29.5 Å². The van der Waals surface area contributed by atoms with Crippen LogP contribution >= 0.6 is 0 Å². The molecule has 2 aromatic carbocycles. The Labute approximate surface area is 241 Å². The van der Waals surface area contributed by atoms with Gasteiger partial charge in [-0.25, -0.2) is 13.9 Å². The van der Waals surface area contributed by atoms with Gasteiger partial charge in [-0.3, -0.25) is 4.79 Å². The van der Waals surface area contributed by atoms with Gasteiger partial charge in [-0.05, 0) is 74.9 Å². The number of alkyl carbamates (subject to hydrolysis) is 1. The van der Waals surface area contributed by atoms with E-state index in [9.17, 15) is 32.3 Å². The molecule has 0 bridgehead atoms. The Morgan fingerprint density at radius 2 is 1.81 bits per heavy atom. The van der Waals surface area contributed by atoms with Crippen LogP contribution in [0, 0.1) is 11.7 Å². The van der Waals surface area contributed by atoms with Crippen molar-refractivity contribution in [2.75, 3.05) is 0 Å². The average Bonchev–Trinajstić information content (AvgIpc) is 3.63. The predicted octanol–water partition coefficient (Wildman–Crippen LogP) is 6.21. The third-order valence-electron chi connectivity index (χ3n) is 6.66. The number of halogens is 4. The molecule has 1 fully saturated rings. The molecule has 1 aromatic heterocycles. The molecular weight excluding hydrogens is 556 g/mol. The van der Waals surface area contributed by atoms with Crippen molar-refractivity contribution in [2.24, 2.45) is 5.92 Å². The maximum absolute atomic E-state index is 14.5. The molecule has 0 aliphatic heterocycles. The molecule has 42 heavy (non-hydrogen) atoms. The fourth-order valence-corrected chi connectivity index (χ4v) is 4.34. The molecule has 0 saturated heterocycles. The number of nitrogens with zero attached hydrogens (tertiary/aromatic N) is 2. The van der Waals surface area contributed by atoms with Crippen LogP contribution < -0.4 is 10.6 Å². The normalized spacial score (nSPS) is 14.4. The first-order valence-corrected chi connectivity index (χ1v) is 13.7. The molecule has 3 aromatic rings. The third kappa shape index (κ3) is 8.54. The SMILES string of the molecule is CC(C)(C)OC(=O)NCc1cccc(-n2nc(C(F)(F)F)cc2C(=O)NCc2cc(C(O)CCC3CC3)ccc2F)c1. The highest BCUT2D eigenvalue weighted by Gasteiger charge is 2.36. The molecule has 1 heterocycles. The molecule has 8 nitrogen and oxygen atoms in total. The molecule has 1 unspecified atom stereocenters. The lowest BCUT2D eigenvalue weighted by molar-refractivity contribution is -0.141. The van der Waals surface area contributed by atoms with Gasteiger partial charge in [0.15, 0.2) is 5.69 Å². The summed E-state index contributed by atoms with van der Waals surface area (Å²) in [4.78, 5) is 25.1. The second-order valence-electron chi connectivity index (χ2n) is 11.4.